The molecular weight excluding hydrogens is 412 g/mol. The molecule has 31 heavy (non-hydrogen) atoms. The smallest absolute Gasteiger partial charge is 0.408 e. The van der Waals surface area contributed by atoms with Crippen LogP contribution in [0.25, 0.3) is 0 Å². The Bertz CT molecular complexity index is 800. The highest BCUT2D eigenvalue weighted by Gasteiger charge is 2.40. The monoisotopic (exact) mass is 441 g/mol. The third-order valence-corrected chi connectivity index (χ3v) is 4.80. The molecular formula is C21H29F2N3O5. The van der Waals surface area contributed by atoms with Gasteiger partial charge in [0.15, 0.2) is 5.78 Å². The van der Waals surface area contributed by atoms with Crippen molar-refractivity contribution in [1.29, 1.82) is 0 Å². The van der Waals surface area contributed by atoms with E-state index in [0.717, 1.165) is 0 Å². The fourth-order valence-corrected chi connectivity index (χ4v) is 3.32. The number of ether oxygens (including phenoxy) is 2. The summed E-state index contributed by atoms with van der Waals surface area (Å²) in [5.41, 5.74) is -0.497. The number of halogens is 2. The number of nitrogens with zero attached hydrogens (tertiary/aromatic N) is 1. The lowest BCUT2D eigenvalue weighted by molar-refractivity contribution is -0.121. The molecule has 0 spiro atoms. The number of nitrogens with one attached hydrogen (secondary N) is 2. The Hall–Kier alpha value is -2.62. The van der Waals surface area contributed by atoms with Crippen molar-refractivity contribution in [3.63, 3.8) is 0 Å². The zero-order chi connectivity index (χ0) is 23.2. The van der Waals surface area contributed by atoms with Gasteiger partial charge in [-0.15, -0.1) is 0 Å². The molecule has 0 bridgehead atoms. The quantitative estimate of drug-likeness (QED) is 0.627. The van der Waals surface area contributed by atoms with E-state index in [1.807, 2.05) is 0 Å². The van der Waals surface area contributed by atoms with Crippen molar-refractivity contribution in [2.24, 2.45) is 5.92 Å². The molecule has 1 fully saturated rings. The highest BCUT2D eigenvalue weighted by molar-refractivity contribution is 6.00. The van der Waals surface area contributed by atoms with Crippen LogP contribution in [0, 0.1) is 5.92 Å². The molecule has 1 aliphatic carbocycles. The van der Waals surface area contributed by atoms with Crippen LogP contribution in [-0.2, 0) is 14.3 Å². The first-order valence-corrected chi connectivity index (χ1v) is 10.1. The van der Waals surface area contributed by atoms with E-state index in [4.69, 9.17) is 9.47 Å². The molecule has 1 aromatic heterocycles. The number of rotatable bonds is 7. The molecule has 0 aliphatic heterocycles. The molecule has 1 aliphatic rings. The number of carbonyl (C=O) groups is 3. The van der Waals surface area contributed by atoms with E-state index in [1.165, 1.54) is 25.4 Å². The van der Waals surface area contributed by atoms with Crippen molar-refractivity contribution in [2.75, 3.05) is 19.0 Å². The molecule has 0 saturated heterocycles. The summed E-state index contributed by atoms with van der Waals surface area (Å²) in [6, 6.07) is 1.78. The van der Waals surface area contributed by atoms with Crippen LogP contribution in [0.5, 0.6) is 0 Å². The minimum absolute atomic E-state index is 0.0701. The van der Waals surface area contributed by atoms with Gasteiger partial charge in [-0.25, -0.2) is 18.6 Å². The second kappa shape index (κ2) is 10.1. The Morgan fingerprint density at radius 3 is 2.48 bits per heavy atom. The van der Waals surface area contributed by atoms with Crippen molar-refractivity contribution in [3.8, 4) is 0 Å². The lowest BCUT2D eigenvalue weighted by atomic mass is 9.81. The van der Waals surface area contributed by atoms with E-state index in [0.29, 0.717) is 5.56 Å². The van der Waals surface area contributed by atoms with Crippen molar-refractivity contribution in [1.82, 2.24) is 10.3 Å². The minimum atomic E-state index is -2.78. The van der Waals surface area contributed by atoms with Crippen molar-refractivity contribution in [2.45, 2.75) is 64.0 Å². The van der Waals surface area contributed by atoms with Crippen LogP contribution >= 0.6 is 0 Å². The third-order valence-electron chi connectivity index (χ3n) is 4.80. The summed E-state index contributed by atoms with van der Waals surface area (Å²) < 4.78 is 37.2. The number of anilines is 1. The van der Waals surface area contributed by atoms with Crippen molar-refractivity contribution < 1.29 is 32.6 Å². The van der Waals surface area contributed by atoms with Gasteiger partial charge in [0.1, 0.15) is 24.1 Å². The van der Waals surface area contributed by atoms with Gasteiger partial charge in [-0.2, -0.15) is 0 Å². The predicted octanol–water partition coefficient (Wildman–Crippen LogP) is 3.57. The van der Waals surface area contributed by atoms with Crippen molar-refractivity contribution in [3.05, 3.63) is 23.9 Å². The SMILES string of the molecule is COCC(=O)c1ccnc(NC(=O)[C@@H](NC(=O)OC(C)(C)C)C2CCC(F)(F)CC2)c1. The van der Waals surface area contributed by atoms with Gasteiger partial charge in [-0.1, -0.05) is 0 Å². The van der Waals surface area contributed by atoms with E-state index in [9.17, 15) is 23.2 Å². The maximum atomic E-state index is 13.6. The zero-order valence-electron chi connectivity index (χ0n) is 18.2. The zero-order valence-corrected chi connectivity index (χ0v) is 18.2. The van der Waals surface area contributed by atoms with Gasteiger partial charge in [0.05, 0.1) is 0 Å². The minimum Gasteiger partial charge on any atom is -0.444 e. The average molecular weight is 441 g/mol. The van der Waals surface area contributed by atoms with Crippen LogP contribution in [0.15, 0.2) is 18.3 Å². The summed E-state index contributed by atoms with van der Waals surface area (Å²) in [4.78, 5) is 41.3. The molecule has 8 nitrogen and oxygen atoms in total. The first kappa shape index (κ1) is 24.6. The van der Waals surface area contributed by atoms with E-state index < -0.39 is 35.5 Å². The molecule has 172 valence electrons. The molecule has 2 N–H and O–H groups in total. The normalized spacial score (nSPS) is 17.5. The summed E-state index contributed by atoms with van der Waals surface area (Å²) in [5, 5.41) is 5.08. The second-order valence-corrected chi connectivity index (χ2v) is 8.59. The summed E-state index contributed by atoms with van der Waals surface area (Å²) in [5.74, 6) is -4.08. The summed E-state index contributed by atoms with van der Waals surface area (Å²) >= 11 is 0. The number of amides is 2. The van der Waals surface area contributed by atoms with Gasteiger partial charge in [0, 0.05) is 31.7 Å². The highest BCUT2D eigenvalue weighted by Crippen LogP contribution is 2.37. The van der Waals surface area contributed by atoms with E-state index >= 15 is 0 Å². The average Bonchev–Trinajstić information content (AvgIpc) is 2.65. The molecule has 1 aromatic rings. The lowest BCUT2D eigenvalue weighted by Crippen LogP contribution is -2.51. The number of alkyl halides is 2. The maximum absolute atomic E-state index is 13.6. The Morgan fingerprint density at radius 1 is 1.26 bits per heavy atom. The predicted molar refractivity (Wildman–Crippen MR) is 109 cm³/mol. The van der Waals surface area contributed by atoms with Crippen LogP contribution < -0.4 is 10.6 Å². The number of hydrogen-bond acceptors (Lipinski definition) is 6. The largest absolute Gasteiger partial charge is 0.444 e. The van der Waals surface area contributed by atoms with Gasteiger partial charge in [0.2, 0.25) is 11.8 Å². The summed E-state index contributed by atoms with van der Waals surface area (Å²) in [6.07, 6.45) is -0.0490. The number of ketones is 1. The number of Topliss-reactive ketones (excluding diaryl/α,β-unsaturated/α-hetero) is 1. The molecule has 0 unspecified atom stereocenters. The standard InChI is InChI=1S/C21H29F2N3O5/c1-20(2,3)31-19(29)26-17(13-5-8-21(22,23)9-6-13)18(28)25-16-11-14(7-10-24-16)15(27)12-30-4/h7,10-11,13,17H,5-6,8-9,12H2,1-4H3,(H,26,29)(H,24,25,28)/t17-/m0/s1. The Labute approximate surface area is 180 Å². The van der Waals surface area contributed by atoms with Crippen molar-refractivity contribution >= 4 is 23.6 Å². The van der Waals surface area contributed by atoms with Gasteiger partial charge in [-0.3, -0.25) is 9.59 Å². The van der Waals surface area contributed by atoms with Gasteiger partial charge < -0.3 is 20.1 Å². The Balaban J connectivity index is 2.17. The summed E-state index contributed by atoms with van der Waals surface area (Å²) in [6.45, 7) is 4.90. The van der Waals surface area contributed by atoms with Crippen LogP contribution in [0.2, 0.25) is 0 Å². The van der Waals surface area contributed by atoms with Gasteiger partial charge >= 0.3 is 6.09 Å². The van der Waals surface area contributed by atoms with E-state index in [1.54, 1.807) is 20.8 Å². The molecule has 2 rings (SSSR count). The number of carbonyl (C=O) groups excluding carboxylic acids is 3. The number of aromatic nitrogens is 1. The van der Waals surface area contributed by atoms with Crippen LogP contribution in [0.3, 0.4) is 0 Å². The molecule has 0 radical (unpaired) electrons. The van der Waals surface area contributed by atoms with Crippen LogP contribution in [0.4, 0.5) is 19.4 Å². The van der Waals surface area contributed by atoms with Crippen LogP contribution in [-0.4, -0.2) is 54.0 Å². The molecule has 2 amide bonds. The highest BCUT2D eigenvalue weighted by atomic mass is 19.3. The van der Waals surface area contributed by atoms with Gasteiger partial charge in [-0.05, 0) is 51.7 Å². The number of pyridine rings is 1. The molecule has 0 aromatic carbocycles. The summed E-state index contributed by atoms with van der Waals surface area (Å²) in [7, 11) is 1.39. The Morgan fingerprint density at radius 2 is 1.90 bits per heavy atom. The first-order valence-electron chi connectivity index (χ1n) is 10.1. The topological polar surface area (TPSA) is 107 Å². The molecule has 1 atom stereocenters. The number of methoxy groups -OCH3 is 1. The Kier molecular flexibility index (Phi) is 8.05. The number of hydrogen-bond donors (Lipinski definition) is 2. The number of alkyl carbamates (subject to hydrolysis) is 1. The van der Waals surface area contributed by atoms with E-state index in [2.05, 4.69) is 15.6 Å². The fourth-order valence-electron chi connectivity index (χ4n) is 3.32. The maximum Gasteiger partial charge on any atom is 0.408 e. The van der Waals surface area contributed by atoms with Gasteiger partial charge in [0.25, 0.3) is 0 Å². The molecule has 1 saturated carbocycles. The third kappa shape index (κ3) is 7.86. The second-order valence-electron chi connectivity index (χ2n) is 8.59. The van der Waals surface area contributed by atoms with E-state index in [-0.39, 0.29) is 43.9 Å². The fraction of sp³-hybridized carbons (Fsp3) is 0.619. The van der Waals surface area contributed by atoms with Crippen LogP contribution in [0.1, 0.15) is 56.8 Å². The first-order chi connectivity index (χ1) is 14.4. The lowest BCUT2D eigenvalue weighted by Gasteiger charge is -2.33. The molecule has 1 heterocycles. The molecule has 10 heteroatoms.